The first-order valence-corrected chi connectivity index (χ1v) is 11.8. The summed E-state index contributed by atoms with van der Waals surface area (Å²) in [5, 5.41) is 14.0. The predicted molar refractivity (Wildman–Crippen MR) is 155 cm³/mol. The summed E-state index contributed by atoms with van der Waals surface area (Å²) in [6, 6.07) is 20.5. The molecule has 10 heteroatoms. The number of methoxy groups -OCH3 is 2. The molecule has 38 heavy (non-hydrogen) atoms. The maximum Gasteiger partial charge on any atom is 0.261 e. The van der Waals surface area contributed by atoms with Crippen LogP contribution in [0.3, 0.4) is 0 Å². The van der Waals surface area contributed by atoms with E-state index in [-0.39, 0.29) is 37.0 Å². The van der Waals surface area contributed by atoms with Gasteiger partial charge in [-0.15, -0.1) is 24.8 Å². The molecule has 0 spiro atoms. The van der Waals surface area contributed by atoms with Crippen molar-refractivity contribution < 1.29 is 19.3 Å². The smallest absolute Gasteiger partial charge is 0.261 e. The van der Waals surface area contributed by atoms with Crippen LogP contribution < -0.4 is 25.1 Å². The Morgan fingerprint density at radius 3 is 2.39 bits per heavy atom. The van der Waals surface area contributed by atoms with Crippen molar-refractivity contribution in [1.29, 1.82) is 0 Å². The van der Waals surface area contributed by atoms with Crippen LogP contribution in [0.2, 0.25) is 0 Å². The van der Waals surface area contributed by atoms with Crippen LogP contribution in [0.15, 0.2) is 71.5 Å². The quantitative estimate of drug-likeness (QED) is 0.267. The molecule has 2 N–H and O–H groups in total. The second-order valence-corrected chi connectivity index (χ2v) is 8.44. The number of hydrogen-bond donors (Lipinski definition) is 2. The van der Waals surface area contributed by atoms with E-state index in [1.165, 1.54) is 4.57 Å². The van der Waals surface area contributed by atoms with E-state index >= 15 is 0 Å². The van der Waals surface area contributed by atoms with Gasteiger partial charge in [-0.25, -0.2) is 4.98 Å². The highest BCUT2D eigenvalue weighted by molar-refractivity contribution is 5.85. The fraction of sp³-hybridized carbons (Fsp3) is 0.286. The number of benzene rings is 3. The van der Waals surface area contributed by atoms with Crippen LogP contribution in [0.1, 0.15) is 5.56 Å². The Balaban J connectivity index is 0.00000253. The summed E-state index contributed by atoms with van der Waals surface area (Å²) >= 11 is 0. The number of rotatable bonds is 11. The lowest BCUT2D eigenvalue weighted by Gasteiger charge is -2.14. The number of nitrogens with zero attached hydrogens (tertiary/aromatic N) is 2. The number of halogens is 2. The Bertz CT molecular complexity index is 1380. The summed E-state index contributed by atoms with van der Waals surface area (Å²) in [6.45, 7) is 1.30. The molecule has 1 heterocycles. The minimum atomic E-state index is -0.651. The third-order valence-corrected chi connectivity index (χ3v) is 5.98. The zero-order valence-corrected chi connectivity index (χ0v) is 23.2. The highest BCUT2D eigenvalue weighted by Gasteiger charge is 2.12. The maximum absolute atomic E-state index is 12.9. The molecule has 0 radical (unpaired) electrons. The van der Waals surface area contributed by atoms with Crippen LogP contribution in [0.5, 0.6) is 17.2 Å². The Morgan fingerprint density at radius 2 is 1.68 bits per heavy atom. The summed E-state index contributed by atoms with van der Waals surface area (Å²) in [5.74, 6) is 2.67. The average molecular weight is 562 g/mol. The molecule has 1 unspecified atom stereocenters. The van der Waals surface area contributed by atoms with Crippen LogP contribution in [-0.2, 0) is 13.5 Å². The molecule has 3 aromatic carbocycles. The number of ether oxygens (including phenoxy) is 3. The van der Waals surface area contributed by atoms with Gasteiger partial charge in [0.2, 0.25) is 0 Å². The van der Waals surface area contributed by atoms with E-state index in [9.17, 15) is 9.90 Å². The Labute approximate surface area is 234 Å². The van der Waals surface area contributed by atoms with Gasteiger partial charge in [-0.3, -0.25) is 9.36 Å². The summed E-state index contributed by atoms with van der Waals surface area (Å²) < 4.78 is 17.9. The lowest BCUT2D eigenvalue weighted by Crippen LogP contribution is -2.32. The van der Waals surface area contributed by atoms with Crippen molar-refractivity contribution in [1.82, 2.24) is 14.9 Å². The van der Waals surface area contributed by atoms with Crippen molar-refractivity contribution in [3.05, 3.63) is 82.6 Å². The zero-order valence-electron chi connectivity index (χ0n) is 21.5. The van der Waals surface area contributed by atoms with Gasteiger partial charge in [0.05, 0.1) is 25.1 Å². The van der Waals surface area contributed by atoms with Crippen LogP contribution in [0, 0.1) is 0 Å². The predicted octanol–water partition coefficient (Wildman–Crippen LogP) is 4.03. The molecule has 0 amide bonds. The van der Waals surface area contributed by atoms with Gasteiger partial charge in [0.15, 0.2) is 0 Å². The molecule has 0 saturated carbocycles. The fourth-order valence-corrected chi connectivity index (χ4v) is 3.99. The van der Waals surface area contributed by atoms with Gasteiger partial charge in [-0.05, 0) is 67.1 Å². The van der Waals surface area contributed by atoms with E-state index in [1.54, 1.807) is 39.5 Å². The molecule has 0 bridgehead atoms. The number of aromatic nitrogens is 2. The van der Waals surface area contributed by atoms with Gasteiger partial charge in [-0.2, -0.15) is 0 Å². The van der Waals surface area contributed by atoms with Gasteiger partial charge >= 0.3 is 0 Å². The van der Waals surface area contributed by atoms with Crippen molar-refractivity contribution in [3.8, 4) is 28.6 Å². The minimum absolute atomic E-state index is 0. The molecule has 0 aliphatic heterocycles. The number of aliphatic hydroxyl groups excluding tert-OH is 1. The zero-order chi connectivity index (χ0) is 25.5. The highest BCUT2D eigenvalue weighted by Crippen LogP contribution is 2.23. The lowest BCUT2D eigenvalue weighted by atomic mass is 10.1. The fourth-order valence-electron chi connectivity index (χ4n) is 3.99. The summed E-state index contributed by atoms with van der Waals surface area (Å²) in [7, 11) is 4.93. The molecule has 204 valence electrons. The molecule has 0 fully saturated rings. The number of nitrogens with one attached hydrogen (secondary N) is 1. The van der Waals surface area contributed by atoms with E-state index in [4.69, 9.17) is 14.2 Å². The Kier molecular flexibility index (Phi) is 11.9. The third-order valence-electron chi connectivity index (χ3n) is 5.98. The van der Waals surface area contributed by atoms with Gasteiger partial charge < -0.3 is 24.6 Å². The molecule has 1 aromatic heterocycles. The first-order chi connectivity index (χ1) is 17.5. The number of aliphatic hydroxyl groups is 1. The molecule has 4 rings (SSSR count). The molecule has 0 saturated heterocycles. The Morgan fingerprint density at radius 1 is 0.974 bits per heavy atom. The van der Waals surface area contributed by atoms with E-state index in [1.807, 2.05) is 48.5 Å². The summed E-state index contributed by atoms with van der Waals surface area (Å²) in [5.41, 5.74) is 2.38. The molecule has 8 nitrogen and oxygen atoms in total. The monoisotopic (exact) mass is 561 g/mol. The topological polar surface area (TPSA) is 94.8 Å². The largest absolute Gasteiger partial charge is 0.497 e. The van der Waals surface area contributed by atoms with Crippen molar-refractivity contribution in [2.45, 2.75) is 12.5 Å². The minimum Gasteiger partial charge on any atom is -0.497 e. The molecule has 0 aliphatic rings. The van der Waals surface area contributed by atoms with E-state index in [0.29, 0.717) is 34.8 Å². The SMILES string of the molecule is COc1ccc2nc(-c3ccc(OCC(O)CNCCc4ccccc4OC)cc3)n(C)c(=O)c2c1.Cl.Cl. The van der Waals surface area contributed by atoms with Crippen molar-refractivity contribution >= 4 is 35.7 Å². The molecular weight excluding hydrogens is 529 g/mol. The van der Waals surface area contributed by atoms with Crippen LogP contribution in [-0.4, -0.2) is 54.7 Å². The van der Waals surface area contributed by atoms with Gasteiger partial charge in [0.1, 0.15) is 35.8 Å². The lowest BCUT2D eigenvalue weighted by molar-refractivity contribution is 0.106. The first-order valence-electron chi connectivity index (χ1n) is 11.8. The van der Waals surface area contributed by atoms with Crippen molar-refractivity contribution in [2.75, 3.05) is 33.9 Å². The highest BCUT2D eigenvalue weighted by atomic mass is 35.5. The number of para-hydroxylation sites is 1. The normalized spacial score (nSPS) is 11.3. The van der Waals surface area contributed by atoms with E-state index < -0.39 is 6.10 Å². The molecular formula is C28H33Cl2N3O5. The maximum atomic E-state index is 12.9. The Hall–Kier alpha value is -3.30. The van der Waals surface area contributed by atoms with Gasteiger partial charge in [0, 0.05) is 19.2 Å². The molecule has 4 aromatic rings. The molecule has 0 aliphatic carbocycles. The van der Waals surface area contributed by atoms with Crippen molar-refractivity contribution in [3.63, 3.8) is 0 Å². The standard InChI is InChI=1S/C28H31N3O5.2ClH/c1-31-27(30-25-13-12-23(34-2)16-24(25)28(31)33)20-8-10-22(11-9-20)36-18-21(32)17-29-15-14-19-6-4-5-7-26(19)35-3;;/h4-13,16,21,29,32H,14-15,17-18H2,1-3H3;2*1H. The van der Waals surface area contributed by atoms with Crippen LogP contribution >= 0.6 is 24.8 Å². The summed E-state index contributed by atoms with van der Waals surface area (Å²) in [6.07, 6.45) is 0.153. The second kappa shape index (κ2) is 14.6. The third kappa shape index (κ3) is 7.39. The van der Waals surface area contributed by atoms with Crippen molar-refractivity contribution in [2.24, 2.45) is 7.05 Å². The number of fused-ring (bicyclic) bond motifs is 1. The van der Waals surface area contributed by atoms with Gasteiger partial charge in [-0.1, -0.05) is 18.2 Å². The summed E-state index contributed by atoms with van der Waals surface area (Å²) in [4.78, 5) is 17.5. The van der Waals surface area contributed by atoms with E-state index in [2.05, 4.69) is 10.3 Å². The first kappa shape index (κ1) is 30.9. The van der Waals surface area contributed by atoms with Crippen LogP contribution in [0.4, 0.5) is 0 Å². The average Bonchev–Trinajstić information content (AvgIpc) is 2.92. The van der Waals surface area contributed by atoms with Crippen LogP contribution in [0.25, 0.3) is 22.3 Å². The second-order valence-electron chi connectivity index (χ2n) is 8.44. The molecule has 1 atom stereocenters. The van der Waals surface area contributed by atoms with E-state index in [0.717, 1.165) is 29.8 Å². The number of hydrogen-bond acceptors (Lipinski definition) is 7. The van der Waals surface area contributed by atoms with Gasteiger partial charge in [0.25, 0.3) is 5.56 Å².